The highest BCUT2D eigenvalue weighted by Gasteiger charge is 2.14. The maximum absolute atomic E-state index is 12.7. The summed E-state index contributed by atoms with van der Waals surface area (Å²) >= 11 is 6.12. The highest BCUT2D eigenvalue weighted by molar-refractivity contribution is 6.30. The van der Waals surface area contributed by atoms with Crippen LogP contribution in [0.3, 0.4) is 0 Å². The molecule has 0 saturated carbocycles. The molecule has 0 saturated heterocycles. The summed E-state index contributed by atoms with van der Waals surface area (Å²) in [5.41, 5.74) is 2.89. The average Bonchev–Trinajstić information content (AvgIpc) is 3.15. The molecule has 0 spiro atoms. The number of aromatic nitrogens is 1. The van der Waals surface area contributed by atoms with Gasteiger partial charge in [-0.2, -0.15) is 5.26 Å². The molecule has 1 heterocycles. The fourth-order valence-electron chi connectivity index (χ4n) is 3.52. The molecule has 7 nitrogen and oxygen atoms in total. The lowest BCUT2D eigenvalue weighted by atomic mass is 10.1. The molecule has 0 aliphatic carbocycles. The van der Waals surface area contributed by atoms with Crippen molar-refractivity contribution in [1.29, 1.82) is 5.26 Å². The van der Waals surface area contributed by atoms with Crippen LogP contribution in [0.1, 0.15) is 11.1 Å². The van der Waals surface area contributed by atoms with E-state index in [-0.39, 0.29) is 11.3 Å². The van der Waals surface area contributed by atoms with Gasteiger partial charge in [-0.15, -0.1) is 0 Å². The fourth-order valence-corrected chi connectivity index (χ4v) is 3.73. The van der Waals surface area contributed by atoms with Gasteiger partial charge in [0.05, 0.1) is 4.92 Å². The second-order valence-corrected chi connectivity index (χ2v) is 7.72. The number of para-hydroxylation sites is 1. The van der Waals surface area contributed by atoms with Crippen molar-refractivity contribution in [1.82, 2.24) is 4.57 Å². The molecule has 4 rings (SSSR count). The van der Waals surface area contributed by atoms with Crippen LogP contribution in [0, 0.1) is 21.4 Å². The summed E-state index contributed by atoms with van der Waals surface area (Å²) in [5, 5.41) is 24.6. The monoisotopic (exact) mass is 456 g/mol. The first-order valence-electron chi connectivity index (χ1n) is 9.94. The third kappa shape index (κ3) is 4.92. The van der Waals surface area contributed by atoms with Crippen LogP contribution in [0.4, 0.5) is 11.4 Å². The lowest BCUT2D eigenvalue weighted by Crippen LogP contribution is -2.13. The number of nitrogens with zero attached hydrogens (tertiary/aromatic N) is 3. The predicted octanol–water partition coefficient (Wildman–Crippen LogP) is 5.80. The molecule has 0 aliphatic rings. The highest BCUT2D eigenvalue weighted by atomic mass is 35.5. The van der Waals surface area contributed by atoms with E-state index in [0.29, 0.717) is 17.3 Å². The number of halogens is 1. The standard InChI is InChI=1S/C25H17ClN4O3/c26-20-5-3-4-17(12-20)15-29-16-19(23-6-1-2-7-24(23)29)13-18(14-27)25(31)28-21-8-10-22(11-9-21)30(32)33/h1-13,16H,15H2,(H,28,31)/b18-13+. The number of nitro groups is 1. The quantitative estimate of drug-likeness (QED) is 0.171. The first-order valence-corrected chi connectivity index (χ1v) is 10.3. The zero-order valence-electron chi connectivity index (χ0n) is 17.2. The topological polar surface area (TPSA) is 101 Å². The minimum Gasteiger partial charge on any atom is -0.342 e. The van der Waals surface area contributed by atoms with Gasteiger partial charge in [0.1, 0.15) is 11.6 Å². The average molecular weight is 457 g/mol. The maximum atomic E-state index is 12.7. The molecule has 0 atom stereocenters. The van der Waals surface area contributed by atoms with Gasteiger partial charge in [-0.1, -0.05) is 41.9 Å². The van der Waals surface area contributed by atoms with E-state index in [9.17, 15) is 20.2 Å². The van der Waals surface area contributed by atoms with Gasteiger partial charge in [0.15, 0.2) is 0 Å². The van der Waals surface area contributed by atoms with Crippen LogP contribution in [0.5, 0.6) is 0 Å². The second-order valence-electron chi connectivity index (χ2n) is 7.29. The Hall–Kier alpha value is -4.41. The number of non-ortho nitro benzene ring substituents is 1. The zero-order valence-corrected chi connectivity index (χ0v) is 18.0. The predicted molar refractivity (Wildman–Crippen MR) is 128 cm³/mol. The second kappa shape index (κ2) is 9.39. The van der Waals surface area contributed by atoms with E-state index < -0.39 is 10.8 Å². The summed E-state index contributed by atoms with van der Waals surface area (Å²) in [6.07, 6.45) is 3.43. The Kier molecular flexibility index (Phi) is 6.20. The van der Waals surface area contributed by atoms with Crippen molar-refractivity contribution < 1.29 is 9.72 Å². The van der Waals surface area contributed by atoms with Crippen molar-refractivity contribution in [2.75, 3.05) is 5.32 Å². The molecule has 0 aliphatic heterocycles. The summed E-state index contributed by atoms with van der Waals surface area (Å²) < 4.78 is 2.04. The van der Waals surface area contributed by atoms with E-state index in [1.807, 2.05) is 65.4 Å². The van der Waals surface area contributed by atoms with Gasteiger partial charge in [-0.3, -0.25) is 14.9 Å². The number of hydrogen-bond donors (Lipinski definition) is 1. The molecule has 1 aromatic heterocycles. The molecule has 0 radical (unpaired) electrons. The van der Waals surface area contributed by atoms with Crippen molar-refractivity contribution in [3.05, 3.63) is 111 Å². The fraction of sp³-hybridized carbons (Fsp3) is 0.0400. The van der Waals surface area contributed by atoms with E-state index >= 15 is 0 Å². The number of nitro benzene ring substituents is 1. The van der Waals surface area contributed by atoms with Crippen LogP contribution in [0.2, 0.25) is 5.02 Å². The highest BCUT2D eigenvalue weighted by Crippen LogP contribution is 2.25. The first-order chi connectivity index (χ1) is 15.9. The number of nitrogens with one attached hydrogen (secondary N) is 1. The van der Waals surface area contributed by atoms with Gasteiger partial charge < -0.3 is 9.88 Å². The van der Waals surface area contributed by atoms with Crippen LogP contribution in [0.15, 0.2) is 84.6 Å². The van der Waals surface area contributed by atoms with Gasteiger partial charge >= 0.3 is 0 Å². The van der Waals surface area contributed by atoms with E-state index in [1.165, 1.54) is 30.3 Å². The Morgan fingerprint density at radius 3 is 2.58 bits per heavy atom. The van der Waals surface area contributed by atoms with Gasteiger partial charge in [0.2, 0.25) is 0 Å². The van der Waals surface area contributed by atoms with Crippen molar-refractivity contribution in [3.8, 4) is 6.07 Å². The minimum atomic E-state index is -0.599. The zero-order chi connectivity index (χ0) is 23.4. The van der Waals surface area contributed by atoms with Crippen molar-refractivity contribution >= 4 is 45.9 Å². The number of benzene rings is 3. The maximum Gasteiger partial charge on any atom is 0.269 e. The molecule has 0 fully saturated rings. The number of nitriles is 1. The first kappa shape index (κ1) is 21.8. The molecule has 33 heavy (non-hydrogen) atoms. The lowest BCUT2D eigenvalue weighted by molar-refractivity contribution is -0.384. The molecule has 1 N–H and O–H groups in total. The van der Waals surface area contributed by atoms with Gasteiger partial charge in [0.25, 0.3) is 11.6 Å². The lowest BCUT2D eigenvalue weighted by Gasteiger charge is -2.06. The van der Waals surface area contributed by atoms with E-state index in [4.69, 9.17) is 11.6 Å². The van der Waals surface area contributed by atoms with Gasteiger partial charge in [-0.25, -0.2) is 0 Å². The normalized spacial score (nSPS) is 11.2. The Balaban J connectivity index is 1.64. The van der Waals surface area contributed by atoms with Crippen LogP contribution in [-0.4, -0.2) is 15.4 Å². The van der Waals surface area contributed by atoms with Crippen LogP contribution in [0.25, 0.3) is 17.0 Å². The van der Waals surface area contributed by atoms with E-state index in [2.05, 4.69) is 5.32 Å². The van der Waals surface area contributed by atoms with Crippen LogP contribution >= 0.6 is 11.6 Å². The van der Waals surface area contributed by atoms with Gasteiger partial charge in [-0.05, 0) is 42.0 Å². The smallest absolute Gasteiger partial charge is 0.269 e. The summed E-state index contributed by atoms with van der Waals surface area (Å²) in [5.74, 6) is -0.599. The number of hydrogen-bond acceptors (Lipinski definition) is 4. The van der Waals surface area contributed by atoms with Crippen molar-refractivity contribution in [2.45, 2.75) is 6.54 Å². The minimum absolute atomic E-state index is 0.0842. The number of anilines is 1. The van der Waals surface area contributed by atoms with Crippen molar-refractivity contribution in [3.63, 3.8) is 0 Å². The molecule has 0 bridgehead atoms. The van der Waals surface area contributed by atoms with E-state index in [0.717, 1.165) is 22.0 Å². The Bertz CT molecular complexity index is 1430. The SMILES string of the molecule is N#C/C(=C\c1cn(Cc2cccc(Cl)c2)c2ccccc12)C(=O)Nc1ccc([N+](=O)[O-])cc1. The number of rotatable bonds is 6. The molecule has 8 heteroatoms. The molecular weight excluding hydrogens is 440 g/mol. The molecule has 0 unspecified atom stereocenters. The third-order valence-electron chi connectivity index (χ3n) is 5.06. The summed E-state index contributed by atoms with van der Waals surface area (Å²) in [6.45, 7) is 0.575. The third-order valence-corrected chi connectivity index (χ3v) is 5.30. The van der Waals surface area contributed by atoms with Crippen LogP contribution < -0.4 is 5.32 Å². The number of carbonyl (C=O) groups excluding carboxylic acids is 1. The summed E-state index contributed by atoms with van der Waals surface area (Å²) in [6, 6.07) is 22.7. The number of fused-ring (bicyclic) bond motifs is 1. The molecule has 162 valence electrons. The van der Waals surface area contributed by atoms with Crippen LogP contribution in [-0.2, 0) is 11.3 Å². The largest absolute Gasteiger partial charge is 0.342 e. The number of amides is 1. The van der Waals surface area contributed by atoms with Gasteiger partial charge in [0, 0.05) is 52.1 Å². The van der Waals surface area contributed by atoms with Crippen molar-refractivity contribution in [2.24, 2.45) is 0 Å². The molecule has 3 aromatic carbocycles. The Morgan fingerprint density at radius 1 is 1.12 bits per heavy atom. The number of carbonyl (C=O) groups is 1. The molecular formula is C25H17ClN4O3. The Labute approximate surface area is 194 Å². The molecule has 1 amide bonds. The molecule has 4 aromatic rings. The summed E-state index contributed by atoms with van der Waals surface area (Å²) in [4.78, 5) is 22.9. The van der Waals surface area contributed by atoms with E-state index in [1.54, 1.807) is 0 Å². The summed E-state index contributed by atoms with van der Waals surface area (Å²) in [7, 11) is 0. The Morgan fingerprint density at radius 2 is 1.88 bits per heavy atom.